The van der Waals surface area contributed by atoms with Crippen LogP contribution in [0, 0.1) is 6.92 Å². The number of carbonyl (C=O) groups excluding carboxylic acids is 1. The lowest BCUT2D eigenvalue weighted by atomic mass is 10.0. The fourth-order valence-electron chi connectivity index (χ4n) is 3.67. The molecule has 1 aromatic carbocycles. The van der Waals surface area contributed by atoms with E-state index in [0.29, 0.717) is 44.0 Å². The van der Waals surface area contributed by atoms with Gasteiger partial charge in [0.15, 0.2) is 0 Å². The molecule has 156 valence electrons. The van der Waals surface area contributed by atoms with E-state index in [9.17, 15) is 13.2 Å². The van der Waals surface area contributed by atoms with E-state index in [1.54, 1.807) is 19.1 Å². The summed E-state index contributed by atoms with van der Waals surface area (Å²) in [5, 5.41) is 3.65. The monoisotopic (exact) mass is 426 g/mol. The largest absolute Gasteiger partial charge is 0.379 e. The predicted molar refractivity (Wildman–Crippen MR) is 112 cm³/mol. The van der Waals surface area contributed by atoms with Gasteiger partial charge in [0, 0.05) is 36.2 Å². The highest BCUT2D eigenvalue weighted by molar-refractivity contribution is 7.99. The molecule has 6 nitrogen and oxygen atoms in total. The third-order valence-electron chi connectivity index (χ3n) is 5.33. The Morgan fingerprint density at radius 3 is 2.64 bits per heavy atom. The summed E-state index contributed by atoms with van der Waals surface area (Å²) < 4.78 is 32.6. The molecule has 3 rings (SSSR count). The van der Waals surface area contributed by atoms with Crippen LogP contribution in [-0.2, 0) is 14.8 Å². The average molecular weight is 427 g/mol. The van der Waals surface area contributed by atoms with Gasteiger partial charge < -0.3 is 10.1 Å². The normalized spacial score (nSPS) is 19.5. The fraction of sp³-hybridized carbons (Fsp3) is 0.650. The average Bonchev–Trinajstić information content (AvgIpc) is 2.72. The molecule has 1 heterocycles. The van der Waals surface area contributed by atoms with Crippen LogP contribution in [0.2, 0.25) is 0 Å². The van der Waals surface area contributed by atoms with Crippen molar-refractivity contribution in [3.8, 4) is 0 Å². The molecular weight excluding hydrogens is 396 g/mol. The Kier molecular flexibility index (Phi) is 7.79. The van der Waals surface area contributed by atoms with E-state index in [0.717, 1.165) is 11.0 Å². The van der Waals surface area contributed by atoms with E-state index in [2.05, 4.69) is 5.32 Å². The third-order valence-corrected chi connectivity index (χ3v) is 8.75. The van der Waals surface area contributed by atoms with Gasteiger partial charge in [0.2, 0.25) is 10.0 Å². The summed E-state index contributed by atoms with van der Waals surface area (Å²) >= 11 is 1.93. The quantitative estimate of drug-likeness (QED) is 0.679. The van der Waals surface area contributed by atoms with Gasteiger partial charge in [0.1, 0.15) is 0 Å². The van der Waals surface area contributed by atoms with Gasteiger partial charge in [-0.1, -0.05) is 25.3 Å². The number of carbonyl (C=O) groups is 1. The first-order chi connectivity index (χ1) is 13.5. The number of aryl methyl sites for hydroxylation is 1. The van der Waals surface area contributed by atoms with Crippen molar-refractivity contribution in [1.82, 2.24) is 9.62 Å². The second-order valence-corrected chi connectivity index (χ2v) is 10.7. The maximum atomic E-state index is 13.0. The Morgan fingerprint density at radius 2 is 1.93 bits per heavy atom. The fourth-order valence-corrected chi connectivity index (χ4v) is 6.55. The van der Waals surface area contributed by atoms with Crippen LogP contribution in [-0.4, -0.2) is 62.5 Å². The van der Waals surface area contributed by atoms with Gasteiger partial charge in [0.05, 0.1) is 18.1 Å². The molecule has 1 aliphatic carbocycles. The summed E-state index contributed by atoms with van der Waals surface area (Å²) in [5.41, 5.74) is 1.04. The molecule has 1 saturated carbocycles. The molecule has 1 aliphatic heterocycles. The molecule has 0 atom stereocenters. The van der Waals surface area contributed by atoms with E-state index >= 15 is 0 Å². The SMILES string of the molecule is Cc1ccc(C(=O)NCCSC2CCCCC2)cc1S(=O)(=O)N1CCOCC1. The van der Waals surface area contributed by atoms with Gasteiger partial charge in [0.25, 0.3) is 5.91 Å². The lowest BCUT2D eigenvalue weighted by Crippen LogP contribution is -2.41. The number of amides is 1. The molecule has 1 amide bonds. The van der Waals surface area contributed by atoms with Crippen LogP contribution >= 0.6 is 11.8 Å². The van der Waals surface area contributed by atoms with Gasteiger partial charge in [-0.25, -0.2) is 8.42 Å². The van der Waals surface area contributed by atoms with Gasteiger partial charge in [-0.05, 0) is 37.5 Å². The Morgan fingerprint density at radius 1 is 1.21 bits per heavy atom. The zero-order valence-electron chi connectivity index (χ0n) is 16.5. The molecule has 8 heteroatoms. The molecule has 1 N–H and O–H groups in total. The second-order valence-electron chi connectivity index (χ2n) is 7.38. The van der Waals surface area contributed by atoms with Crippen LogP contribution in [0.25, 0.3) is 0 Å². The highest BCUT2D eigenvalue weighted by atomic mass is 32.2. The minimum atomic E-state index is -3.62. The van der Waals surface area contributed by atoms with Crippen molar-refractivity contribution >= 4 is 27.7 Å². The predicted octanol–water partition coefficient (Wildman–Crippen LogP) is 2.81. The molecule has 0 unspecified atom stereocenters. The number of morpholine rings is 1. The summed E-state index contributed by atoms with van der Waals surface area (Å²) in [7, 11) is -3.62. The summed E-state index contributed by atoms with van der Waals surface area (Å²) in [6.07, 6.45) is 6.52. The van der Waals surface area contributed by atoms with Crippen molar-refractivity contribution in [2.45, 2.75) is 49.2 Å². The molecule has 1 saturated heterocycles. The van der Waals surface area contributed by atoms with Crippen molar-refractivity contribution in [2.75, 3.05) is 38.6 Å². The van der Waals surface area contributed by atoms with Gasteiger partial charge >= 0.3 is 0 Å². The molecule has 2 fully saturated rings. The minimum absolute atomic E-state index is 0.207. The lowest BCUT2D eigenvalue weighted by molar-refractivity contribution is 0.0730. The van der Waals surface area contributed by atoms with Crippen molar-refractivity contribution in [1.29, 1.82) is 0 Å². The van der Waals surface area contributed by atoms with Gasteiger partial charge in [-0.2, -0.15) is 16.1 Å². The summed E-state index contributed by atoms with van der Waals surface area (Å²) in [6.45, 7) is 3.84. The molecule has 28 heavy (non-hydrogen) atoms. The summed E-state index contributed by atoms with van der Waals surface area (Å²) in [6, 6.07) is 4.90. The molecule has 0 bridgehead atoms. The first-order valence-electron chi connectivity index (χ1n) is 10.1. The molecule has 0 radical (unpaired) electrons. The number of thioether (sulfide) groups is 1. The number of hydrogen-bond acceptors (Lipinski definition) is 5. The van der Waals surface area contributed by atoms with Crippen molar-refractivity contribution in [2.24, 2.45) is 0 Å². The Bertz CT molecular complexity index is 770. The Hall–Kier alpha value is -1.09. The zero-order valence-corrected chi connectivity index (χ0v) is 18.1. The molecule has 2 aliphatic rings. The van der Waals surface area contributed by atoms with Crippen molar-refractivity contribution in [3.63, 3.8) is 0 Å². The zero-order chi connectivity index (χ0) is 20.0. The van der Waals surface area contributed by atoms with Gasteiger partial charge in [-0.3, -0.25) is 4.79 Å². The van der Waals surface area contributed by atoms with Crippen molar-refractivity contribution < 1.29 is 17.9 Å². The summed E-state index contributed by atoms with van der Waals surface area (Å²) in [5.74, 6) is 0.670. The molecule has 0 spiro atoms. The van der Waals surface area contributed by atoms with Crippen LogP contribution in [0.15, 0.2) is 23.1 Å². The Balaban J connectivity index is 1.59. The van der Waals surface area contributed by atoms with Crippen LogP contribution < -0.4 is 5.32 Å². The second kappa shape index (κ2) is 10.1. The van der Waals surface area contributed by atoms with E-state index in [1.807, 2.05) is 11.8 Å². The number of nitrogens with one attached hydrogen (secondary N) is 1. The first kappa shape index (κ1) is 21.6. The minimum Gasteiger partial charge on any atom is -0.379 e. The van der Waals surface area contributed by atoms with E-state index in [-0.39, 0.29) is 10.8 Å². The van der Waals surface area contributed by atoms with Crippen LogP contribution in [0.4, 0.5) is 0 Å². The summed E-state index contributed by atoms with van der Waals surface area (Å²) in [4.78, 5) is 12.7. The van der Waals surface area contributed by atoms with E-state index < -0.39 is 10.0 Å². The smallest absolute Gasteiger partial charge is 0.251 e. The third kappa shape index (κ3) is 5.49. The van der Waals surface area contributed by atoms with E-state index in [4.69, 9.17) is 4.74 Å². The maximum Gasteiger partial charge on any atom is 0.251 e. The number of nitrogens with zero attached hydrogens (tertiary/aromatic N) is 1. The van der Waals surface area contributed by atoms with Gasteiger partial charge in [-0.15, -0.1) is 0 Å². The van der Waals surface area contributed by atoms with Crippen LogP contribution in [0.1, 0.15) is 48.0 Å². The Labute approximate surface area is 172 Å². The topological polar surface area (TPSA) is 75.7 Å². The number of ether oxygens (including phenoxy) is 1. The number of sulfonamides is 1. The lowest BCUT2D eigenvalue weighted by Gasteiger charge is -2.26. The standard InChI is InChI=1S/C20H30N2O4S2/c1-16-7-8-17(15-19(16)28(24,25)22-10-12-26-13-11-22)20(23)21-9-14-27-18-5-3-2-4-6-18/h7-8,15,18H,2-6,9-14H2,1H3,(H,21,23). The highest BCUT2D eigenvalue weighted by Gasteiger charge is 2.28. The van der Waals surface area contributed by atoms with Crippen LogP contribution in [0.3, 0.4) is 0 Å². The van der Waals surface area contributed by atoms with Crippen molar-refractivity contribution in [3.05, 3.63) is 29.3 Å². The maximum absolute atomic E-state index is 13.0. The molecule has 1 aromatic rings. The molecular formula is C20H30N2O4S2. The first-order valence-corrected chi connectivity index (χ1v) is 12.6. The number of rotatable bonds is 7. The highest BCUT2D eigenvalue weighted by Crippen LogP contribution is 2.27. The number of hydrogen-bond donors (Lipinski definition) is 1. The molecule has 0 aromatic heterocycles. The number of benzene rings is 1. The van der Waals surface area contributed by atoms with Crippen LogP contribution in [0.5, 0.6) is 0 Å². The van der Waals surface area contributed by atoms with E-state index in [1.165, 1.54) is 42.5 Å².